The molecule has 0 spiro atoms. The molecule has 0 saturated heterocycles. The van der Waals surface area contributed by atoms with E-state index in [2.05, 4.69) is 5.16 Å². The van der Waals surface area contributed by atoms with Crippen LogP contribution in [0.25, 0.3) is 0 Å². The standard InChI is InChI=1S/C9H14N2O4/c1-4-13-6-7-5-8(10-15-7)14-9(12)11(2)3/h5H,4,6H2,1-3H3. The lowest BCUT2D eigenvalue weighted by atomic mass is 10.5. The first-order valence-corrected chi connectivity index (χ1v) is 4.56. The maximum Gasteiger partial charge on any atom is 0.416 e. The molecular formula is C9H14N2O4. The van der Waals surface area contributed by atoms with Crippen LogP contribution in [0, 0.1) is 0 Å². The molecule has 1 aromatic rings. The molecule has 0 radical (unpaired) electrons. The van der Waals surface area contributed by atoms with Crippen LogP contribution in [-0.2, 0) is 11.3 Å². The van der Waals surface area contributed by atoms with Crippen molar-refractivity contribution in [2.75, 3.05) is 20.7 Å². The number of carbonyl (C=O) groups excluding carboxylic acids is 1. The van der Waals surface area contributed by atoms with Crippen molar-refractivity contribution in [3.8, 4) is 5.88 Å². The Morgan fingerprint density at radius 3 is 2.93 bits per heavy atom. The highest BCUT2D eigenvalue weighted by Gasteiger charge is 2.11. The summed E-state index contributed by atoms with van der Waals surface area (Å²) in [6, 6.07) is 1.52. The topological polar surface area (TPSA) is 64.8 Å². The first-order chi connectivity index (χ1) is 7.13. The Morgan fingerprint density at radius 1 is 1.60 bits per heavy atom. The summed E-state index contributed by atoms with van der Waals surface area (Å²) in [7, 11) is 3.17. The van der Waals surface area contributed by atoms with Crippen molar-refractivity contribution in [3.05, 3.63) is 11.8 Å². The molecule has 6 heteroatoms. The van der Waals surface area contributed by atoms with E-state index in [9.17, 15) is 4.79 Å². The van der Waals surface area contributed by atoms with Gasteiger partial charge in [0.1, 0.15) is 6.61 Å². The number of hydrogen-bond donors (Lipinski definition) is 0. The minimum absolute atomic E-state index is 0.142. The highest BCUT2D eigenvalue weighted by Crippen LogP contribution is 2.12. The first-order valence-electron chi connectivity index (χ1n) is 4.56. The number of ether oxygens (including phenoxy) is 2. The van der Waals surface area contributed by atoms with Gasteiger partial charge in [0.25, 0.3) is 5.88 Å². The lowest BCUT2D eigenvalue weighted by Gasteiger charge is -2.07. The van der Waals surface area contributed by atoms with Crippen LogP contribution in [0.1, 0.15) is 12.7 Å². The summed E-state index contributed by atoms with van der Waals surface area (Å²) < 4.78 is 14.8. The van der Waals surface area contributed by atoms with Crippen LogP contribution in [0.15, 0.2) is 10.6 Å². The summed E-state index contributed by atoms with van der Waals surface area (Å²) in [4.78, 5) is 12.4. The fourth-order valence-electron chi connectivity index (χ4n) is 0.794. The van der Waals surface area contributed by atoms with Crippen molar-refractivity contribution in [3.63, 3.8) is 0 Å². The van der Waals surface area contributed by atoms with Gasteiger partial charge in [-0.15, -0.1) is 0 Å². The molecule has 15 heavy (non-hydrogen) atoms. The zero-order valence-electron chi connectivity index (χ0n) is 9.02. The molecule has 84 valence electrons. The van der Waals surface area contributed by atoms with Crippen molar-refractivity contribution in [1.29, 1.82) is 0 Å². The second-order valence-corrected chi connectivity index (χ2v) is 3.03. The zero-order valence-corrected chi connectivity index (χ0v) is 9.02. The van der Waals surface area contributed by atoms with Crippen molar-refractivity contribution >= 4 is 6.09 Å². The fourth-order valence-corrected chi connectivity index (χ4v) is 0.794. The third kappa shape index (κ3) is 3.59. The summed E-state index contributed by atoms with van der Waals surface area (Å²) in [5.74, 6) is 0.668. The molecule has 0 N–H and O–H groups in total. The van der Waals surface area contributed by atoms with Crippen LogP contribution in [0.5, 0.6) is 5.88 Å². The van der Waals surface area contributed by atoms with Crippen LogP contribution >= 0.6 is 0 Å². The molecule has 1 rings (SSSR count). The van der Waals surface area contributed by atoms with Gasteiger partial charge in [-0.1, -0.05) is 0 Å². The second kappa shape index (κ2) is 5.35. The average molecular weight is 214 g/mol. The molecule has 0 saturated carbocycles. The quantitative estimate of drug-likeness (QED) is 0.755. The number of amides is 1. The Bertz CT molecular complexity index is 322. The van der Waals surface area contributed by atoms with Gasteiger partial charge < -0.3 is 18.9 Å². The van der Waals surface area contributed by atoms with E-state index >= 15 is 0 Å². The van der Waals surface area contributed by atoms with Gasteiger partial charge in [0.2, 0.25) is 0 Å². The molecule has 0 atom stereocenters. The number of aromatic nitrogens is 1. The largest absolute Gasteiger partial charge is 0.416 e. The van der Waals surface area contributed by atoms with E-state index in [0.29, 0.717) is 19.0 Å². The normalized spacial score (nSPS) is 10.1. The Kier molecular flexibility index (Phi) is 4.11. The summed E-state index contributed by atoms with van der Waals surface area (Å²) in [5, 5.41) is 3.57. The predicted octanol–water partition coefficient (Wildman–Crippen LogP) is 1.27. The van der Waals surface area contributed by atoms with Gasteiger partial charge in [0, 0.05) is 26.8 Å². The van der Waals surface area contributed by atoms with Gasteiger partial charge in [-0.3, -0.25) is 0 Å². The molecule has 6 nitrogen and oxygen atoms in total. The second-order valence-electron chi connectivity index (χ2n) is 3.03. The lowest BCUT2D eigenvalue weighted by molar-refractivity contribution is 0.112. The van der Waals surface area contributed by atoms with Gasteiger partial charge in [-0.25, -0.2) is 4.79 Å². The predicted molar refractivity (Wildman–Crippen MR) is 51.5 cm³/mol. The SMILES string of the molecule is CCOCc1cc(OC(=O)N(C)C)no1. The van der Waals surface area contributed by atoms with Crippen LogP contribution in [0.4, 0.5) is 4.79 Å². The van der Waals surface area contributed by atoms with Crippen molar-refractivity contribution < 1.29 is 18.8 Å². The van der Waals surface area contributed by atoms with Crippen molar-refractivity contribution in [1.82, 2.24) is 10.1 Å². The molecule has 0 bridgehead atoms. The molecule has 0 unspecified atom stereocenters. The number of carbonyl (C=O) groups is 1. The van der Waals surface area contributed by atoms with Gasteiger partial charge >= 0.3 is 6.09 Å². The summed E-state index contributed by atoms with van der Waals surface area (Å²) in [5.41, 5.74) is 0. The van der Waals surface area contributed by atoms with E-state index in [4.69, 9.17) is 14.0 Å². The smallest absolute Gasteiger partial charge is 0.388 e. The van der Waals surface area contributed by atoms with E-state index in [1.807, 2.05) is 6.92 Å². The first kappa shape index (κ1) is 11.5. The van der Waals surface area contributed by atoms with Gasteiger partial charge in [0.05, 0.1) is 0 Å². The van der Waals surface area contributed by atoms with E-state index in [1.165, 1.54) is 11.0 Å². The number of rotatable bonds is 4. The summed E-state index contributed by atoms with van der Waals surface area (Å²) >= 11 is 0. The molecule has 1 heterocycles. The third-order valence-corrected chi connectivity index (χ3v) is 1.54. The summed E-state index contributed by atoms with van der Waals surface area (Å²) in [6.45, 7) is 2.79. The van der Waals surface area contributed by atoms with Crippen molar-refractivity contribution in [2.24, 2.45) is 0 Å². The maximum absolute atomic E-state index is 11.1. The van der Waals surface area contributed by atoms with Gasteiger partial charge in [-0.2, -0.15) is 0 Å². The molecular weight excluding hydrogens is 200 g/mol. The highest BCUT2D eigenvalue weighted by atomic mass is 16.6. The Balaban J connectivity index is 2.49. The Labute approximate surface area is 87.7 Å². The highest BCUT2D eigenvalue weighted by molar-refractivity contribution is 5.69. The van der Waals surface area contributed by atoms with Gasteiger partial charge in [-0.05, 0) is 12.1 Å². The van der Waals surface area contributed by atoms with Crippen molar-refractivity contribution in [2.45, 2.75) is 13.5 Å². The Hall–Kier alpha value is -1.56. The number of nitrogens with zero attached hydrogens (tertiary/aromatic N) is 2. The van der Waals surface area contributed by atoms with Crippen LogP contribution in [0.2, 0.25) is 0 Å². The molecule has 0 aliphatic rings. The van der Waals surface area contributed by atoms with Crippen LogP contribution in [-0.4, -0.2) is 36.9 Å². The maximum atomic E-state index is 11.1. The molecule has 1 amide bonds. The minimum Gasteiger partial charge on any atom is -0.388 e. The molecule has 0 aliphatic heterocycles. The fraction of sp³-hybridized carbons (Fsp3) is 0.556. The summed E-state index contributed by atoms with van der Waals surface area (Å²) in [6.07, 6.45) is -0.494. The molecule has 0 aliphatic carbocycles. The monoisotopic (exact) mass is 214 g/mol. The number of hydrogen-bond acceptors (Lipinski definition) is 5. The van der Waals surface area contributed by atoms with E-state index in [1.54, 1.807) is 14.1 Å². The lowest BCUT2D eigenvalue weighted by Crippen LogP contribution is -2.25. The van der Waals surface area contributed by atoms with Crippen LogP contribution in [0.3, 0.4) is 0 Å². The third-order valence-electron chi connectivity index (χ3n) is 1.54. The molecule has 0 aromatic carbocycles. The van der Waals surface area contributed by atoms with Crippen LogP contribution < -0.4 is 4.74 Å². The average Bonchev–Trinajstić information content (AvgIpc) is 2.62. The molecule has 0 fully saturated rings. The minimum atomic E-state index is -0.494. The Morgan fingerprint density at radius 2 is 2.33 bits per heavy atom. The zero-order chi connectivity index (χ0) is 11.3. The molecule has 1 aromatic heterocycles. The van der Waals surface area contributed by atoms with E-state index in [0.717, 1.165) is 0 Å². The van der Waals surface area contributed by atoms with E-state index < -0.39 is 6.09 Å². The van der Waals surface area contributed by atoms with Gasteiger partial charge in [0.15, 0.2) is 5.76 Å². The van der Waals surface area contributed by atoms with E-state index in [-0.39, 0.29) is 5.88 Å².